The summed E-state index contributed by atoms with van der Waals surface area (Å²) >= 11 is 3.15. The monoisotopic (exact) mass is 316 g/mol. The zero-order valence-corrected chi connectivity index (χ0v) is 11.6. The highest BCUT2D eigenvalue weighted by atomic mass is 79.9. The van der Waals surface area contributed by atoms with Crippen LogP contribution < -0.4 is 0 Å². The van der Waals surface area contributed by atoms with E-state index in [1.165, 1.54) is 19.1 Å². The van der Waals surface area contributed by atoms with Crippen LogP contribution in [-0.2, 0) is 9.53 Å². The van der Waals surface area contributed by atoms with Gasteiger partial charge in [0.1, 0.15) is 11.6 Å². The summed E-state index contributed by atoms with van der Waals surface area (Å²) in [5, 5.41) is 0. The molecule has 1 heterocycles. The van der Waals surface area contributed by atoms with Crippen LogP contribution in [0.3, 0.4) is 0 Å². The van der Waals surface area contributed by atoms with Gasteiger partial charge >= 0.3 is 0 Å². The zero-order chi connectivity index (χ0) is 13.5. The Morgan fingerprint density at radius 1 is 1.33 bits per heavy atom. The van der Waals surface area contributed by atoms with Gasteiger partial charge in [0.15, 0.2) is 5.78 Å². The van der Waals surface area contributed by atoms with Crippen molar-refractivity contribution in [2.45, 2.75) is 19.8 Å². The summed E-state index contributed by atoms with van der Waals surface area (Å²) in [6.45, 7) is 2.61. The van der Waals surface area contributed by atoms with Gasteiger partial charge in [0, 0.05) is 17.3 Å². The Balaban J connectivity index is 0.000000199. The first-order valence-corrected chi connectivity index (χ1v) is 6.35. The molecule has 0 saturated carbocycles. The molecule has 1 saturated heterocycles. The molecule has 5 heteroatoms. The number of benzene rings is 1. The van der Waals surface area contributed by atoms with Crippen LogP contribution in [0.5, 0.6) is 0 Å². The first-order valence-electron chi connectivity index (χ1n) is 5.56. The van der Waals surface area contributed by atoms with Gasteiger partial charge in [0.2, 0.25) is 0 Å². The minimum absolute atomic E-state index is 0.124. The number of carbonyl (C=O) groups is 2. The Labute approximate surface area is 113 Å². The van der Waals surface area contributed by atoms with E-state index in [4.69, 9.17) is 4.74 Å². The molecule has 0 atom stereocenters. The van der Waals surface area contributed by atoms with Crippen molar-refractivity contribution in [2.24, 2.45) is 0 Å². The number of hydrogen-bond donors (Lipinski definition) is 0. The maximum Gasteiger partial charge on any atom is 0.162 e. The van der Waals surface area contributed by atoms with Crippen LogP contribution in [0, 0.1) is 5.82 Å². The van der Waals surface area contributed by atoms with Crippen molar-refractivity contribution in [1.82, 2.24) is 0 Å². The summed E-state index contributed by atoms with van der Waals surface area (Å²) < 4.78 is 18.4. The molecule has 0 aromatic heterocycles. The smallest absolute Gasteiger partial charge is 0.162 e. The molecule has 1 aromatic rings. The lowest BCUT2D eigenvalue weighted by molar-refractivity contribution is -0.124. The van der Waals surface area contributed by atoms with Crippen molar-refractivity contribution in [3.05, 3.63) is 34.1 Å². The Kier molecular flexibility index (Phi) is 6.15. The number of hydrogen-bond acceptors (Lipinski definition) is 3. The summed E-state index contributed by atoms with van der Waals surface area (Å²) in [4.78, 5) is 21.1. The highest BCUT2D eigenvalue weighted by Gasteiger charge is 2.06. The highest BCUT2D eigenvalue weighted by molar-refractivity contribution is 9.10. The maximum atomic E-state index is 12.8. The second kappa shape index (κ2) is 7.38. The van der Waals surface area contributed by atoms with Crippen LogP contribution in [0.1, 0.15) is 30.1 Å². The minimum atomic E-state index is -0.472. The lowest BCUT2D eigenvalue weighted by Gasteiger charge is -2.07. The number of ether oxygens (including phenoxy) is 1. The van der Waals surface area contributed by atoms with E-state index in [2.05, 4.69) is 15.9 Å². The molecule has 3 nitrogen and oxygen atoms in total. The number of carbonyl (C=O) groups excluding carboxylic acids is 2. The molecule has 1 aliphatic heterocycles. The second-order valence-corrected chi connectivity index (χ2v) is 4.75. The summed E-state index contributed by atoms with van der Waals surface area (Å²) in [7, 11) is 0. The number of ketones is 2. The van der Waals surface area contributed by atoms with Crippen LogP contribution >= 0.6 is 15.9 Å². The molecule has 1 aliphatic rings. The van der Waals surface area contributed by atoms with Gasteiger partial charge in [0.25, 0.3) is 0 Å². The molecule has 18 heavy (non-hydrogen) atoms. The Bertz CT molecular complexity index is 438. The van der Waals surface area contributed by atoms with Gasteiger partial charge in [0.05, 0.1) is 18.8 Å². The van der Waals surface area contributed by atoms with Crippen molar-refractivity contribution in [3.63, 3.8) is 0 Å². The number of rotatable bonds is 1. The third-order valence-electron chi connectivity index (χ3n) is 2.36. The molecule has 0 amide bonds. The van der Waals surface area contributed by atoms with Gasteiger partial charge in [-0.25, -0.2) is 4.39 Å². The largest absolute Gasteiger partial charge is 0.381 e. The fourth-order valence-corrected chi connectivity index (χ4v) is 1.73. The molecular weight excluding hydrogens is 303 g/mol. The van der Waals surface area contributed by atoms with Crippen molar-refractivity contribution >= 4 is 27.5 Å². The van der Waals surface area contributed by atoms with E-state index >= 15 is 0 Å². The first kappa shape index (κ1) is 15.0. The lowest BCUT2D eigenvalue weighted by atomic mass is 10.1. The van der Waals surface area contributed by atoms with Gasteiger partial charge in [-0.3, -0.25) is 9.59 Å². The molecular formula is C13H14BrFO3. The third-order valence-corrected chi connectivity index (χ3v) is 2.85. The molecule has 0 aliphatic carbocycles. The molecule has 0 radical (unpaired) electrons. The molecule has 0 bridgehead atoms. The fraction of sp³-hybridized carbons (Fsp3) is 0.385. The zero-order valence-electron chi connectivity index (χ0n) is 10.0. The van der Waals surface area contributed by atoms with Crippen LogP contribution in [0.2, 0.25) is 0 Å². The van der Waals surface area contributed by atoms with E-state index in [0.717, 1.165) is 0 Å². The Morgan fingerprint density at radius 2 is 1.94 bits per heavy atom. The SMILES string of the molecule is CC(=O)c1cc(Br)ccc1F.O=C1CCOCC1. The number of halogens is 2. The van der Waals surface area contributed by atoms with E-state index in [1.807, 2.05) is 0 Å². The standard InChI is InChI=1S/C8H6BrFO.C5H8O2/c1-5(11)7-4-6(9)2-3-8(7)10;6-5-1-3-7-4-2-5/h2-4H,1H3;1-4H2. The topological polar surface area (TPSA) is 43.4 Å². The molecule has 1 aromatic carbocycles. The van der Waals surface area contributed by atoms with Crippen LogP contribution in [0.25, 0.3) is 0 Å². The van der Waals surface area contributed by atoms with Gasteiger partial charge < -0.3 is 4.74 Å². The van der Waals surface area contributed by atoms with Crippen molar-refractivity contribution in [1.29, 1.82) is 0 Å². The van der Waals surface area contributed by atoms with Gasteiger partial charge in [-0.05, 0) is 25.1 Å². The average molecular weight is 317 g/mol. The fourth-order valence-electron chi connectivity index (χ4n) is 1.37. The Hall–Kier alpha value is -1.07. The summed E-state index contributed by atoms with van der Waals surface area (Å²) in [6.07, 6.45) is 1.25. The quantitative estimate of drug-likeness (QED) is 0.747. The van der Waals surface area contributed by atoms with E-state index < -0.39 is 5.82 Å². The van der Waals surface area contributed by atoms with Crippen molar-refractivity contribution in [2.75, 3.05) is 13.2 Å². The predicted molar refractivity (Wildman–Crippen MR) is 69.2 cm³/mol. The van der Waals surface area contributed by atoms with E-state index in [1.54, 1.807) is 6.07 Å². The molecule has 0 N–H and O–H groups in total. The lowest BCUT2D eigenvalue weighted by Crippen LogP contribution is -2.14. The van der Waals surface area contributed by atoms with Crippen LogP contribution in [0.4, 0.5) is 4.39 Å². The maximum absolute atomic E-state index is 12.8. The normalized spacial score (nSPS) is 14.7. The molecule has 2 rings (SSSR count). The molecule has 98 valence electrons. The van der Waals surface area contributed by atoms with Crippen molar-refractivity contribution in [3.8, 4) is 0 Å². The Morgan fingerprint density at radius 3 is 2.33 bits per heavy atom. The second-order valence-electron chi connectivity index (χ2n) is 3.83. The first-order chi connectivity index (χ1) is 8.50. The van der Waals surface area contributed by atoms with Gasteiger partial charge in [-0.2, -0.15) is 0 Å². The molecule has 0 spiro atoms. The van der Waals surface area contributed by atoms with Crippen LogP contribution in [0.15, 0.2) is 22.7 Å². The third kappa shape index (κ3) is 5.06. The van der Waals surface area contributed by atoms with Gasteiger partial charge in [-0.15, -0.1) is 0 Å². The average Bonchev–Trinajstić information content (AvgIpc) is 2.34. The van der Waals surface area contributed by atoms with Crippen LogP contribution in [-0.4, -0.2) is 24.8 Å². The van der Waals surface area contributed by atoms with E-state index in [9.17, 15) is 14.0 Å². The summed E-state index contributed by atoms with van der Waals surface area (Å²) in [5.74, 6) is -0.393. The molecule has 0 unspecified atom stereocenters. The summed E-state index contributed by atoms with van der Waals surface area (Å²) in [5.41, 5.74) is 0.124. The van der Waals surface area contributed by atoms with E-state index in [0.29, 0.717) is 36.3 Å². The van der Waals surface area contributed by atoms with Crippen molar-refractivity contribution < 1.29 is 18.7 Å². The van der Waals surface area contributed by atoms with Gasteiger partial charge in [-0.1, -0.05) is 15.9 Å². The van der Waals surface area contributed by atoms with E-state index in [-0.39, 0.29) is 11.3 Å². The highest BCUT2D eigenvalue weighted by Crippen LogP contribution is 2.15. The molecule has 1 fully saturated rings. The summed E-state index contributed by atoms with van der Waals surface area (Å²) in [6, 6.07) is 4.29. The minimum Gasteiger partial charge on any atom is -0.381 e. The number of Topliss-reactive ketones (excluding diaryl/α,β-unsaturated/α-hetero) is 2. The predicted octanol–water partition coefficient (Wildman–Crippen LogP) is 3.16.